The summed E-state index contributed by atoms with van der Waals surface area (Å²) < 4.78 is 27.4. The third-order valence-electron chi connectivity index (χ3n) is 3.87. The van der Waals surface area contributed by atoms with Crippen molar-refractivity contribution in [1.82, 2.24) is 9.62 Å². The smallest absolute Gasteiger partial charge is 0.243 e. The van der Waals surface area contributed by atoms with E-state index in [1.807, 2.05) is 32.0 Å². The molecule has 5 heteroatoms. The van der Waals surface area contributed by atoms with E-state index < -0.39 is 10.0 Å². The van der Waals surface area contributed by atoms with E-state index in [0.29, 0.717) is 11.4 Å². The summed E-state index contributed by atoms with van der Waals surface area (Å²) in [5, 5.41) is 3.32. The number of sulfonamides is 1. The minimum Gasteiger partial charge on any atom is -0.310 e. The molecule has 1 aromatic carbocycles. The fourth-order valence-corrected chi connectivity index (χ4v) is 4.42. The van der Waals surface area contributed by atoms with Gasteiger partial charge in [0.25, 0.3) is 0 Å². The maximum absolute atomic E-state index is 12.8. The molecule has 21 heavy (non-hydrogen) atoms. The summed E-state index contributed by atoms with van der Waals surface area (Å²) >= 11 is 0. The lowest BCUT2D eigenvalue weighted by atomic mass is 10.1. The van der Waals surface area contributed by atoms with Gasteiger partial charge in [-0.25, -0.2) is 8.42 Å². The van der Waals surface area contributed by atoms with Gasteiger partial charge in [-0.05, 0) is 50.4 Å². The molecule has 118 valence electrons. The van der Waals surface area contributed by atoms with Crippen LogP contribution in [0.3, 0.4) is 0 Å². The maximum Gasteiger partial charge on any atom is 0.243 e. The summed E-state index contributed by atoms with van der Waals surface area (Å²) in [5.41, 5.74) is 1.02. The summed E-state index contributed by atoms with van der Waals surface area (Å²) in [4.78, 5) is 0.421. The zero-order chi connectivity index (χ0) is 15.5. The highest BCUT2D eigenvalue weighted by atomic mass is 32.2. The first-order valence-corrected chi connectivity index (χ1v) is 9.29. The van der Waals surface area contributed by atoms with Crippen molar-refractivity contribution >= 4 is 10.0 Å². The predicted molar refractivity (Wildman–Crippen MR) is 85.7 cm³/mol. The van der Waals surface area contributed by atoms with Gasteiger partial charge in [0, 0.05) is 18.6 Å². The molecule has 0 spiro atoms. The van der Waals surface area contributed by atoms with Gasteiger partial charge in [-0.1, -0.05) is 26.0 Å². The Morgan fingerprint density at radius 1 is 1.33 bits per heavy atom. The average molecular weight is 310 g/mol. The molecule has 1 aromatic rings. The van der Waals surface area contributed by atoms with Crippen molar-refractivity contribution in [1.29, 1.82) is 0 Å². The maximum atomic E-state index is 12.8. The number of nitrogens with one attached hydrogen (secondary N) is 1. The highest BCUT2D eigenvalue weighted by molar-refractivity contribution is 7.89. The number of benzene rings is 1. The molecule has 1 atom stereocenters. The zero-order valence-electron chi connectivity index (χ0n) is 13.2. The zero-order valence-corrected chi connectivity index (χ0v) is 14.0. The molecule has 0 amide bonds. The molecule has 0 aromatic heterocycles. The molecule has 1 aliphatic rings. The minimum absolute atomic E-state index is 0.158. The number of rotatable bonds is 8. The number of nitrogens with zero attached hydrogens (tertiary/aromatic N) is 1. The molecule has 4 nitrogen and oxygen atoms in total. The highest BCUT2D eigenvalue weighted by Crippen LogP contribution is 2.32. The Hall–Kier alpha value is -0.910. The third kappa shape index (κ3) is 3.84. The Kier molecular flexibility index (Phi) is 5.41. The monoisotopic (exact) mass is 310 g/mol. The van der Waals surface area contributed by atoms with E-state index in [1.54, 1.807) is 10.4 Å². The SMILES string of the molecule is CCCN(C1CC1)S(=O)(=O)c1cccc(C(C)NCC)c1. The van der Waals surface area contributed by atoms with Gasteiger partial charge in [-0.3, -0.25) is 0 Å². The van der Waals surface area contributed by atoms with E-state index in [-0.39, 0.29) is 12.1 Å². The topological polar surface area (TPSA) is 49.4 Å². The summed E-state index contributed by atoms with van der Waals surface area (Å²) in [6.07, 6.45) is 2.84. The molecule has 2 rings (SSSR count). The average Bonchev–Trinajstić information content (AvgIpc) is 3.29. The first-order valence-electron chi connectivity index (χ1n) is 7.85. The van der Waals surface area contributed by atoms with Gasteiger partial charge in [0.15, 0.2) is 0 Å². The van der Waals surface area contributed by atoms with Crippen LogP contribution >= 0.6 is 0 Å². The lowest BCUT2D eigenvalue weighted by molar-refractivity contribution is 0.403. The van der Waals surface area contributed by atoms with E-state index in [9.17, 15) is 8.42 Å². The quantitative estimate of drug-likeness (QED) is 0.803. The van der Waals surface area contributed by atoms with Gasteiger partial charge in [0.2, 0.25) is 10.0 Å². The standard InChI is InChI=1S/C16H26N2O2S/c1-4-11-18(15-9-10-15)21(19,20)16-8-6-7-14(12-16)13(3)17-5-2/h6-8,12-13,15,17H,4-5,9-11H2,1-3H3. The van der Waals surface area contributed by atoms with Gasteiger partial charge in [0.1, 0.15) is 0 Å². The lowest BCUT2D eigenvalue weighted by Crippen LogP contribution is -2.34. The van der Waals surface area contributed by atoms with E-state index in [4.69, 9.17) is 0 Å². The van der Waals surface area contributed by atoms with Crippen molar-refractivity contribution in [2.24, 2.45) is 0 Å². The second kappa shape index (κ2) is 6.90. The second-order valence-corrected chi connectivity index (χ2v) is 7.59. The Bertz CT molecular complexity index is 567. The summed E-state index contributed by atoms with van der Waals surface area (Å²) in [7, 11) is -3.37. The lowest BCUT2D eigenvalue weighted by Gasteiger charge is -2.22. The third-order valence-corrected chi connectivity index (χ3v) is 5.82. The molecule has 0 aliphatic heterocycles. The van der Waals surface area contributed by atoms with Crippen LogP contribution in [0.5, 0.6) is 0 Å². The molecule has 1 unspecified atom stereocenters. The van der Waals surface area contributed by atoms with Crippen LogP contribution < -0.4 is 5.32 Å². The molecule has 1 N–H and O–H groups in total. The molecule has 0 bridgehead atoms. The largest absolute Gasteiger partial charge is 0.310 e. The second-order valence-electron chi connectivity index (χ2n) is 5.70. The van der Waals surface area contributed by atoms with Crippen LogP contribution in [0.15, 0.2) is 29.2 Å². The number of hydrogen-bond donors (Lipinski definition) is 1. The van der Waals surface area contributed by atoms with Crippen LogP contribution in [0.1, 0.15) is 51.6 Å². The Morgan fingerprint density at radius 2 is 2.05 bits per heavy atom. The Balaban J connectivity index is 2.28. The van der Waals surface area contributed by atoms with Crippen molar-refractivity contribution in [3.8, 4) is 0 Å². The van der Waals surface area contributed by atoms with Crippen LogP contribution in [0.2, 0.25) is 0 Å². The van der Waals surface area contributed by atoms with Gasteiger partial charge in [0.05, 0.1) is 4.90 Å². The molecule has 1 fully saturated rings. The van der Waals surface area contributed by atoms with E-state index >= 15 is 0 Å². The van der Waals surface area contributed by atoms with Crippen LogP contribution in [0.4, 0.5) is 0 Å². The Morgan fingerprint density at radius 3 is 2.62 bits per heavy atom. The van der Waals surface area contributed by atoms with Gasteiger partial charge in [-0.15, -0.1) is 0 Å². The van der Waals surface area contributed by atoms with Gasteiger partial charge in [-0.2, -0.15) is 4.31 Å². The van der Waals surface area contributed by atoms with Crippen molar-refractivity contribution in [3.05, 3.63) is 29.8 Å². The van der Waals surface area contributed by atoms with Crippen LogP contribution in [0, 0.1) is 0 Å². The highest BCUT2D eigenvalue weighted by Gasteiger charge is 2.37. The summed E-state index contributed by atoms with van der Waals surface area (Å²) in [6, 6.07) is 7.72. The molecule has 0 heterocycles. The number of hydrogen-bond acceptors (Lipinski definition) is 3. The first-order chi connectivity index (χ1) is 10.0. The van der Waals surface area contributed by atoms with Crippen LogP contribution in [0.25, 0.3) is 0 Å². The van der Waals surface area contributed by atoms with Crippen molar-refractivity contribution in [2.45, 2.75) is 57.0 Å². The fraction of sp³-hybridized carbons (Fsp3) is 0.625. The Labute approximate surface area is 128 Å². The van der Waals surface area contributed by atoms with E-state index in [0.717, 1.165) is 31.4 Å². The van der Waals surface area contributed by atoms with Gasteiger partial charge >= 0.3 is 0 Å². The van der Waals surface area contributed by atoms with Crippen molar-refractivity contribution in [3.63, 3.8) is 0 Å². The minimum atomic E-state index is -3.37. The van der Waals surface area contributed by atoms with E-state index in [2.05, 4.69) is 12.2 Å². The normalized spacial score (nSPS) is 17.1. The van der Waals surface area contributed by atoms with Gasteiger partial charge < -0.3 is 5.32 Å². The molecule has 1 aliphatic carbocycles. The predicted octanol–water partition coefficient (Wildman–Crippen LogP) is 2.92. The van der Waals surface area contributed by atoms with E-state index in [1.165, 1.54) is 0 Å². The molecular weight excluding hydrogens is 284 g/mol. The molecule has 1 saturated carbocycles. The van der Waals surface area contributed by atoms with Crippen LogP contribution in [-0.4, -0.2) is 31.9 Å². The van der Waals surface area contributed by atoms with Crippen LogP contribution in [-0.2, 0) is 10.0 Å². The van der Waals surface area contributed by atoms with Crippen molar-refractivity contribution in [2.75, 3.05) is 13.1 Å². The summed E-state index contributed by atoms with van der Waals surface area (Å²) in [6.45, 7) is 7.60. The molecular formula is C16H26N2O2S. The molecule has 0 saturated heterocycles. The fourth-order valence-electron chi connectivity index (χ4n) is 2.59. The summed E-state index contributed by atoms with van der Waals surface area (Å²) in [5.74, 6) is 0. The first kappa shape index (κ1) is 16.5. The van der Waals surface area contributed by atoms with Crippen molar-refractivity contribution < 1.29 is 8.42 Å². The molecule has 0 radical (unpaired) electrons.